The van der Waals surface area contributed by atoms with Crippen molar-refractivity contribution in [1.82, 2.24) is 9.97 Å². The van der Waals surface area contributed by atoms with E-state index in [0.29, 0.717) is 11.2 Å². The van der Waals surface area contributed by atoms with Crippen LogP contribution in [0.1, 0.15) is 39.0 Å². The summed E-state index contributed by atoms with van der Waals surface area (Å²) in [6, 6.07) is 1.81. The molecular weight excluding hydrogens is 244 g/mol. The minimum absolute atomic E-state index is 0.400. The molecule has 0 atom stereocenters. The molecule has 2 rings (SSSR count). The summed E-state index contributed by atoms with van der Waals surface area (Å²) in [5.74, 6) is 1.38. The standard InChI is InChI=1S/C13H22N4S/c1-13(6-4-3-5-7-13)9-15-11-8-10(14)16-12(17-11)18-2/h8H,3-7,9H2,1-2H3,(H3,14,15,16,17). The predicted molar refractivity (Wildman–Crippen MR) is 77.9 cm³/mol. The second-order valence-electron chi connectivity index (χ2n) is 5.39. The summed E-state index contributed by atoms with van der Waals surface area (Å²) in [5.41, 5.74) is 6.17. The van der Waals surface area contributed by atoms with Crippen molar-refractivity contribution in [2.75, 3.05) is 23.9 Å². The molecule has 0 unspecified atom stereocenters. The molecule has 1 aromatic heterocycles. The van der Waals surface area contributed by atoms with Gasteiger partial charge in [0.2, 0.25) is 0 Å². The first-order valence-electron chi connectivity index (χ1n) is 6.54. The van der Waals surface area contributed by atoms with E-state index in [1.165, 1.54) is 43.9 Å². The maximum absolute atomic E-state index is 5.77. The quantitative estimate of drug-likeness (QED) is 0.647. The minimum Gasteiger partial charge on any atom is -0.383 e. The van der Waals surface area contributed by atoms with E-state index in [-0.39, 0.29) is 0 Å². The zero-order valence-corrected chi connectivity index (χ0v) is 12.0. The fourth-order valence-electron chi connectivity index (χ4n) is 2.51. The third kappa shape index (κ3) is 3.51. The molecule has 0 aromatic carbocycles. The molecule has 0 saturated heterocycles. The van der Waals surface area contributed by atoms with Crippen molar-refractivity contribution in [3.63, 3.8) is 0 Å². The molecule has 0 aliphatic heterocycles. The van der Waals surface area contributed by atoms with Crippen LogP contribution in [0.3, 0.4) is 0 Å². The van der Waals surface area contributed by atoms with Gasteiger partial charge in [0.25, 0.3) is 0 Å². The van der Waals surface area contributed by atoms with Crippen LogP contribution in [-0.2, 0) is 0 Å². The molecule has 18 heavy (non-hydrogen) atoms. The third-order valence-corrected chi connectivity index (χ3v) is 4.21. The molecule has 1 heterocycles. The number of thioether (sulfide) groups is 1. The summed E-state index contributed by atoms with van der Waals surface area (Å²) in [7, 11) is 0. The Morgan fingerprint density at radius 3 is 2.72 bits per heavy atom. The van der Waals surface area contributed by atoms with E-state index in [4.69, 9.17) is 5.73 Å². The Morgan fingerprint density at radius 2 is 2.06 bits per heavy atom. The first-order chi connectivity index (χ1) is 8.61. The molecule has 0 radical (unpaired) electrons. The van der Waals surface area contributed by atoms with Crippen LogP contribution in [0.4, 0.5) is 11.6 Å². The van der Waals surface area contributed by atoms with Gasteiger partial charge >= 0.3 is 0 Å². The second-order valence-corrected chi connectivity index (χ2v) is 6.16. The van der Waals surface area contributed by atoms with E-state index in [9.17, 15) is 0 Å². The third-order valence-electron chi connectivity index (χ3n) is 3.66. The van der Waals surface area contributed by atoms with Crippen molar-refractivity contribution >= 4 is 23.4 Å². The van der Waals surface area contributed by atoms with Crippen LogP contribution < -0.4 is 11.1 Å². The Labute approximate surface area is 113 Å². The van der Waals surface area contributed by atoms with E-state index in [1.54, 1.807) is 0 Å². The Bertz CT molecular complexity index is 402. The number of nitrogens with one attached hydrogen (secondary N) is 1. The van der Waals surface area contributed by atoms with Crippen molar-refractivity contribution in [2.24, 2.45) is 5.41 Å². The first kappa shape index (κ1) is 13.5. The number of nitrogens with zero attached hydrogens (tertiary/aromatic N) is 2. The summed E-state index contributed by atoms with van der Waals surface area (Å²) >= 11 is 1.52. The van der Waals surface area contributed by atoms with E-state index >= 15 is 0 Å². The van der Waals surface area contributed by atoms with Crippen molar-refractivity contribution in [1.29, 1.82) is 0 Å². The first-order valence-corrected chi connectivity index (χ1v) is 7.76. The molecule has 1 aliphatic carbocycles. The molecule has 1 saturated carbocycles. The number of nitrogens with two attached hydrogens (primary N) is 1. The Morgan fingerprint density at radius 1 is 1.33 bits per heavy atom. The minimum atomic E-state index is 0.400. The van der Waals surface area contributed by atoms with E-state index in [1.807, 2.05) is 12.3 Å². The maximum atomic E-state index is 5.77. The van der Waals surface area contributed by atoms with Gasteiger partial charge in [-0.2, -0.15) is 0 Å². The summed E-state index contributed by atoms with van der Waals surface area (Å²) in [6.45, 7) is 3.33. The summed E-state index contributed by atoms with van der Waals surface area (Å²) < 4.78 is 0. The van der Waals surface area contributed by atoms with E-state index in [0.717, 1.165) is 17.5 Å². The van der Waals surface area contributed by atoms with Crippen LogP contribution in [0.15, 0.2) is 11.2 Å². The molecule has 1 aromatic rings. The molecule has 1 aliphatic rings. The highest BCUT2D eigenvalue weighted by Crippen LogP contribution is 2.35. The number of anilines is 2. The van der Waals surface area contributed by atoms with Crippen molar-refractivity contribution < 1.29 is 0 Å². The highest BCUT2D eigenvalue weighted by Gasteiger charge is 2.26. The summed E-state index contributed by atoms with van der Waals surface area (Å²) in [5, 5.41) is 4.15. The lowest BCUT2D eigenvalue weighted by Crippen LogP contribution is -2.29. The van der Waals surface area contributed by atoms with Gasteiger partial charge in [-0.3, -0.25) is 0 Å². The second kappa shape index (κ2) is 5.78. The molecule has 0 spiro atoms. The largest absolute Gasteiger partial charge is 0.383 e. The monoisotopic (exact) mass is 266 g/mol. The molecule has 1 fully saturated rings. The van der Waals surface area contributed by atoms with Gasteiger partial charge < -0.3 is 11.1 Å². The Balaban J connectivity index is 1.98. The number of hydrogen-bond acceptors (Lipinski definition) is 5. The van der Waals surface area contributed by atoms with Gasteiger partial charge in [-0.25, -0.2) is 9.97 Å². The highest BCUT2D eigenvalue weighted by molar-refractivity contribution is 7.98. The molecule has 4 nitrogen and oxygen atoms in total. The number of aromatic nitrogens is 2. The van der Waals surface area contributed by atoms with Gasteiger partial charge in [-0.15, -0.1) is 0 Å². The van der Waals surface area contributed by atoms with Crippen molar-refractivity contribution in [3.8, 4) is 0 Å². The van der Waals surface area contributed by atoms with Crippen LogP contribution in [-0.4, -0.2) is 22.8 Å². The lowest BCUT2D eigenvalue weighted by atomic mass is 9.76. The normalized spacial score (nSPS) is 18.6. The Kier molecular flexibility index (Phi) is 4.32. The van der Waals surface area contributed by atoms with Gasteiger partial charge in [0, 0.05) is 12.6 Å². The zero-order valence-electron chi connectivity index (χ0n) is 11.2. The molecule has 5 heteroatoms. The van der Waals surface area contributed by atoms with Gasteiger partial charge in [0.1, 0.15) is 11.6 Å². The van der Waals surface area contributed by atoms with E-state index in [2.05, 4.69) is 22.2 Å². The zero-order chi connectivity index (χ0) is 13.0. The van der Waals surface area contributed by atoms with Crippen LogP contribution in [0.5, 0.6) is 0 Å². The average molecular weight is 266 g/mol. The Hall–Kier alpha value is -0.970. The van der Waals surface area contributed by atoms with Gasteiger partial charge in [-0.05, 0) is 24.5 Å². The van der Waals surface area contributed by atoms with Crippen molar-refractivity contribution in [3.05, 3.63) is 6.07 Å². The van der Waals surface area contributed by atoms with Crippen LogP contribution in [0, 0.1) is 5.41 Å². The van der Waals surface area contributed by atoms with Crippen molar-refractivity contribution in [2.45, 2.75) is 44.2 Å². The van der Waals surface area contributed by atoms with Gasteiger partial charge in [0.05, 0.1) is 0 Å². The fourth-order valence-corrected chi connectivity index (χ4v) is 2.90. The van der Waals surface area contributed by atoms with E-state index < -0.39 is 0 Å². The van der Waals surface area contributed by atoms with Gasteiger partial charge in [-0.1, -0.05) is 37.9 Å². The predicted octanol–water partition coefficient (Wildman–Crippen LogP) is 3.16. The molecule has 100 valence electrons. The average Bonchev–Trinajstić information content (AvgIpc) is 2.37. The number of rotatable bonds is 4. The highest BCUT2D eigenvalue weighted by atomic mass is 32.2. The van der Waals surface area contributed by atoms with Crippen LogP contribution in [0.2, 0.25) is 0 Å². The van der Waals surface area contributed by atoms with Gasteiger partial charge in [0.15, 0.2) is 5.16 Å². The molecule has 3 N–H and O–H groups in total. The topological polar surface area (TPSA) is 63.8 Å². The van der Waals surface area contributed by atoms with Crippen LogP contribution >= 0.6 is 11.8 Å². The summed E-state index contributed by atoms with van der Waals surface area (Å²) in [4.78, 5) is 8.58. The molecule has 0 bridgehead atoms. The summed E-state index contributed by atoms with van der Waals surface area (Å²) in [6.07, 6.45) is 8.64. The SMILES string of the molecule is CSc1nc(N)cc(NCC2(C)CCCCC2)n1. The molecule has 0 amide bonds. The lowest BCUT2D eigenvalue weighted by Gasteiger charge is -2.33. The number of nitrogen functional groups attached to an aromatic ring is 1. The smallest absolute Gasteiger partial charge is 0.191 e. The lowest BCUT2D eigenvalue weighted by molar-refractivity contribution is 0.233. The van der Waals surface area contributed by atoms with Crippen LogP contribution in [0.25, 0.3) is 0 Å². The maximum Gasteiger partial charge on any atom is 0.191 e. The fraction of sp³-hybridized carbons (Fsp3) is 0.692. The molecular formula is C13H22N4S. The number of hydrogen-bond donors (Lipinski definition) is 2.